The molecule has 4 amide bonds. The van der Waals surface area contributed by atoms with E-state index in [4.69, 9.17) is 15.0 Å². The third kappa shape index (κ3) is 9.80. The number of phenolic OH excluding ortho intramolecular Hbond substituents is 1. The highest BCUT2D eigenvalue weighted by molar-refractivity contribution is 7.87. The van der Waals surface area contributed by atoms with Gasteiger partial charge in [0.1, 0.15) is 17.4 Å². The summed E-state index contributed by atoms with van der Waals surface area (Å²) in [6.45, 7) is 4.87. The number of ether oxygens (including phenoxy) is 1. The Morgan fingerprint density at radius 2 is 1.58 bits per heavy atom. The van der Waals surface area contributed by atoms with Gasteiger partial charge in [-0.3, -0.25) is 19.0 Å². The molecule has 13 heteroatoms. The third-order valence-corrected chi connectivity index (χ3v) is 5.22. The molecule has 0 saturated carbocycles. The van der Waals surface area contributed by atoms with E-state index in [1.54, 1.807) is 32.9 Å². The van der Waals surface area contributed by atoms with Crippen molar-refractivity contribution < 1.29 is 37.2 Å². The van der Waals surface area contributed by atoms with Crippen LogP contribution < -0.4 is 15.8 Å². The Morgan fingerprint density at radius 1 is 1.03 bits per heavy atom. The molecule has 6 N–H and O–H groups in total. The van der Waals surface area contributed by atoms with Crippen LogP contribution in [0, 0.1) is 0 Å². The summed E-state index contributed by atoms with van der Waals surface area (Å²) in [7, 11) is -4.46. The number of urea groups is 1. The Morgan fingerprint density at radius 3 is 2.08 bits per heavy atom. The molecule has 1 atom stereocenters. The molecule has 0 bridgehead atoms. The summed E-state index contributed by atoms with van der Waals surface area (Å²) >= 11 is 0. The average Bonchev–Trinajstić information content (AvgIpc) is 2.73. The van der Waals surface area contributed by atoms with Crippen molar-refractivity contribution in [3.05, 3.63) is 59.7 Å². The van der Waals surface area contributed by atoms with E-state index in [1.807, 2.05) is 4.72 Å². The maximum absolute atomic E-state index is 13.3. The van der Waals surface area contributed by atoms with Gasteiger partial charge in [0, 0.05) is 13.0 Å². The summed E-state index contributed by atoms with van der Waals surface area (Å²) < 4.78 is 38.0. The number of nitrogens with zero attached hydrogens (tertiary/aromatic N) is 1. The van der Waals surface area contributed by atoms with Crippen molar-refractivity contribution >= 4 is 34.0 Å². The lowest BCUT2D eigenvalue weighted by molar-refractivity contribution is -0.130. The number of nitrogens with one attached hydrogen (secondary N) is 2. The number of hydrogen-bond donors (Lipinski definition) is 5. The Bertz CT molecular complexity index is 1180. The van der Waals surface area contributed by atoms with Gasteiger partial charge in [-0.15, -0.1) is 0 Å². The molecule has 196 valence electrons. The van der Waals surface area contributed by atoms with Gasteiger partial charge in [0.05, 0.1) is 5.69 Å². The Labute approximate surface area is 209 Å². The van der Waals surface area contributed by atoms with Crippen LogP contribution in [-0.2, 0) is 32.7 Å². The van der Waals surface area contributed by atoms with E-state index in [-0.39, 0.29) is 30.8 Å². The molecule has 36 heavy (non-hydrogen) atoms. The molecule has 2 aromatic rings. The van der Waals surface area contributed by atoms with Crippen molar-refractivity contribution in [2.75, 3.05) is 11.3 Å². The maximum Gasteiger partial charge on any atom is 0.408 e. The van der Waals surface area contributed by atoms with Crippen LogP contribution in [0.3, 0.4) is 0 Å². The van der Waals surface area contributed by atoms with Gasteiger partial charge < -0.3 is 20.9 Å². The lowest BCUT2D eigenvalue weighted by Gasteiger charge is -2.27. The molecule has 0 aliphatic rings. The average molecular weight is 523 g/mol. The molecule has 12 nitrogen and oxygen atoms in total. The zero-order valence-electron chi connectivity index (χ0n) is 20.1. The third-order valence-electron chi connectivity index (χ3n) is 4.72. The van der Waals surface area contributed by atoms with Crippen LogP contribution in [0.4, 0.5) is 15.3 Å². The van der Waals surface area contributed by atoms with E-state index in [0.29, 0.717) is 5.56 Å². The van der Waals surface area contributed by atoms with Crippen molar-refractivity contribution in [3.63, 3.8) is 0 Å². The number of rotatable bonds is 9. The molecular formula is C23H30N4O8S. The molecule has 0 radical (unpaired) electrons. The smallest absolute Gasteiger partial charge is 0.408 e. The number of amides is 4. The number of anilines is 1. The highest BCUT2D eigenvalue weighted by atomic mass is 32.2. The van der Waals surface area contributed by atoms with E-state index in [9.17, 15) is 27.9 Å². The fourth-order valence-corrected chi connectivity index (χ4v) is 3.60. The summed E-state index contributed by atoms with van der Waals surface area (Å²) in [6, 6.07) is 9.64. The molecule has 0 aliphatic carbocycles. The van der Waals surface area contributed by atoms with Gasteiger partial charge in [-0.1, -0.05) is 24.3 Å². The Balaban J connectivity index is 2.24. The largest absolute Gasteiger partial charge is 0.508 e. The molecule has 0 aromatic heterocycles. The van der Waals surface area contributed by atoms with Crippen LogP contribution >= 0.6 is 0 Å². The highest BCUT2D eigenvalue weighted by Crippen LogP contribution is 2.15. The van der Waals surface area contributed by atoms with Crippen LogP contribution in [0.5, 0.6) is 5.75 Å². The van der Waals surface area contributed by atoms with Gasteiger partial charge >= 0.3 is 22.4 Å². The summed E-state index contributed by atoms with van der Waals surface area (Å²) in [5.74, 6) is -0.701. The second-order valence-corrected chi connectivity index (χ2v) is 10.1. The van der Waals surface area contributed by atoms with E-state index in [2.05, 4.69) is 5.32 Å². The molecule has 2 rings (SSSR count). The first kappa shape index (κ1) is 28.4. The maximum atomic E-state index is 13.3. The number of imide groups is 1. The number of aromatic hydroxyl groups is 1. The zero-order valence-corrected chi connectivity index (χ0v) is 20.9. The minimum absolute atomic E-state index is 0.0704. The van der Waals surface area contributed by atoms with Crippen LogP contribution in [0.15, 0.2) is 48.5 Å². The first-order chi connectivity index (χ1) is 16.6. The Kier molecular flexibility index (Phi) is 9.25. The first-order valence-corrected chi connectivity index (χ1v) is 12.3. The van der Waals surface area contributed by atoms with Gasteiger partial charge in [0.2, 0.25) is 0 Å². The van der Waals surface area contributed by atoms with Crippen molar-refractivity contribution in [1.29, 1.82) is 0 Å². The van der Waals surface area contributed by atoms with Crippen molar-refractivity contribution in [3.8, 4) is 5.75 Å². The lowest BCUT2D eigenvalue weighted by Crippen LogP contribution is -2.54. The summed E-state index contributed by atoms with van der Waals surface area (Å²) in [5, 5.41) is 11.9. The molecule has 1 unspecified atom stereocenters. The normalized spacial score (nSPS) is 12.3. The predicted molar refractivity (Wildman–Crippen MR) is 132 cm³/mol. The van der Waals surface area contributed by atoms with Crippen LogP contribution in [0.2, 0.25) is 0 Å². The summed E-state index contributed by atoms with van der Waals surface area (Å²) in [6.07, 6.45) is -0.703. The number of hydrogen-bond acceptors (Lipinski definition) is 7. The first-order valence-electron chi connectivity index (χ1n) is 10.9. The van der Waals surface area contributed by atoms with Crippen molar-refractivity contribution in [2.45, 2.75) is 45.3 Å². The number of carbonyl (C=O) groups is 3. The number of nitrogens with two attached hydrogens (primary N) is 1. The van der Waals surface area contributed by atoms with Crippen molar-refractivity contribution in [2.24, 2.45) is 5.73 Å². The molecule has 2 aromatic carbocycles. The van der Waals surface area contributed by atoms with Gasteiger partial charge in [-0.25, -0.2) is 9.59 Å². The molecule has 0 spiro atoms. The monoisotopic (exact) mass is 522 g/mol. The summed E-state index contributed by atoms with van der Waals surface area (Å²) in [4.78, 5) is 38.7. The minimum atomic E-state index is -4.46. The van der Waals surface area contributed by atoms with E-state index in [0.717, 1.165) is 10.5 Å². The molecule has 0 heterocycles. The fraction of sp³-hybridized carbons (Fsp3) is 0.348. The zero-order chi connectivity index (χ0) is 27.1. The van der Waals surface area contributed by atoms with Crippen LogP contribution in [-0.4, -0.2) is 59.2 Å². The number of alkyl carbamates (subject to hydrolysis) is 1. The SMILES string of the molecule is CC(C)(C)OC(=O)NC(Cc1ccc(NS(=O)(=O)O)cc1)C(=O)N(CCc1ccc(O)cc1)C(N)=O. The van der Waals surface area contributed by atoms with Crippen molar-refractivity contribution in [1.82, 2.24) is 10.2 Å². The van der Waals surface area contributed by atoms with Crippen LogP contribution in [0.1, 0.15) is 31.9 Å². The standard InChI is InChI=1S/C23H30N4O8S/c1-23(2,3)35-22(31)25-19(14-16-4-8-17(9-5-16)26-36(32,33)34)20(29)27(21(24)30)13-12-15-6-10-18(28)11-7-15/h4-11,19,26,28H,12-14H2,1-3H3,(H2,24,30)(H,25,31)(H,32,33,34). The second kappa shape index (κ2) is 11.7. The lowest BCUT2D eigenvalue weighted by atomic mass is 10.0. The quantitative estimate of drug-likeness (QED) is 0.310. The predicted octanol–water partition coefficient (Wildman–Crippen LogP) is 2.19. The summed E-state index contributed by atoms with van der Waals surface area (Å²) in [5.41, 5.74) is 5.95. The Hall–Kier alpha value is -3.84. The molecule has 0 fully saturated rings. The molecular weight excluding hydrogens is 492 g/mol. The second-order valence-electron chi connectivity index (χ2n) is 8.92. The molecule has 0 aliphatic heterocycles. The minimum Gasteiger partial charge on any atom is -0.508 e. The van der Waals surface area contributed by atoms with E-state index >= 15 is 0 Å². The number of carbonyl (C=O) groups excluding carboxylic acids is 3. The van der Waals surface area contributed by atoms with E-state index < -0.39 is 40.0 Å². The number of benzene rings is 2. The van der Waals surface area contributed by atoms with Gasteiger partial charge in [-0.2, -0.15) is 8.42 Å². The topological polar surface area (TPSA) is 188 Å². The van der Waals surface area contributed by atoms with Gasteiger partial charge in [0.25, 0.3) is 5.91 Å². The molecule has 0 saturated heterocycles. The fourth-order valence-electron chi connectivity index (χ4n) is 3.16. The highest BCUT2D eigenvalue weighted by Gasteiger charge is 2.30. The van der Waals surface area contributed by atoms with Gasteiger partial charge in [-0.05, 0) is 62.6 Å². The number of phenols is 1. The van der Waals surface area contributed by atoms with Gasteiger partial charge in [0.15, 0.2) is 0 Å². The van der Waals surface area contributed by atoms with Crippen LogP contribution in [0.25, 0.3) is 0 Å². The van der Waals surface area contributed by atoms with E-state index in [1.165, 1.54) is 36.4 Å². The number of primary amides is 1.